The van der Waals surface area contributed by atoms with Crippen molar-refractivity contribution in [3.05, 3.63) is 51.5 Å². The van der Waals surface area contributed by atoms with Crippen molar-refractivity contribution < 1.29 is 0 Å². The van der Waals surface area contributed by atoms with Crippen molar-refractivity contribution in [1.29, 1.82) is 0 Å². The highest BCUT2D eigenvalue weighted by Gasteiger charge is 2.13. The van der Waals surface area contributed by atoms with Crippen molar-refractivity contribution in [3.63, 3.8) is 0 Å². The number of aryl methyl sites for hydroxylation is 1. The molecule has 0 aliphatic carbocycles. The van der Waals surface area contributed by atoms with E-state index in [1.165, 1.54) is 0 Å². The molecule has 3 rings (SSSR count). The van der Waals surface area contributed by atoms with Crippen molar-refractivity contribution in [1.82, 2.24) is 20.2 Å². The molecule has 0 atom stereocenters. The zero-order valence-electron chi connectivity index (χ0n) is 11.1. The van der Waals surface area contributed by atoms with E-state index in [1.54, 1.807) is 4.68 Å². The molecule has 0 amide bonds. The Morgan fingerprint density at radius 1 is 1.19 bits per heavy atom. The number of hydrogen-bond acceptors (Lipinski definition) is 4. The van der Waals surface area contributed by atoms with Crippen LogP contribution in [0.4, 0.5) is 5.69 Å². The highest BCUT2D eigenvalue weighted by molar-refractivity contribution is 9.10. The highest BCUT2D eigenvalue weighted by atomic mass is 79.9. The lowest BCUT2D eigenvalue weighted by molar-refractivity contribution is 0.787. The number of nitrogens with zero attached hydrogens (tertiary/aromatic N) is 4. The van der Waals surface area contributed by atoms with Crippen LogP contribution in [0.3, 0.4) is 0 Å². The van der Waals surface area contributed by atoms with Gasteiger partial charge in [-0.2, -0.15) is 4.68 Å². The van der Waals surface area contributed by atoms with Gasteiger partial charge >= 0.3 is 0 Å². The van der Waals surface area contributed by atoms with Gasteiger partial charge in [-0.25, -0.2) is 0 Å². The molecule has 0 radical (unpaired) electrons. The molecule has 5 nitrogen and oxygen atoms in total. The fourth-order valence-electron chi connectivity index (χ4n) is 2.02. The minimum atomic E-state index is 0.611. The largest absolute Gasteiger partial charge is 0.398 e. The summed E-state index contributed by atoms with van der Waals surface area (Å²) in [6.07, 6.45) is 0. The smallest absolute Gasteiger partial charge is 0.187 e. The molecule has 0 aliphatic rings. The maximum Gasteiger partial charge on any atom is 0.187 e. The van der Waals surface area contributed by atoms with E-state index in [-0.39, 0.29) is 0 Å². The van der Waals surface area contributed by atoms with Gasteiger partial charge in [0.25, 0.3) is 0 Å². The molecule has 0 unspecified atom stereocenters. The summed E-state index contributed by atoms with van der Waals surface area (Å²) in [6, 6.07) is 11.2. The Balaban J connectivity index is 2.17. The fourth-order valence-corrected chi connectivity index (χ4v) is 2.44. The van der Waals surface area contributed by atoms with E-state index in [4.69, 9.17) is 17.3 Å². The Kier molecular flexibility index (Phi) is 3.65. The number of nitrogens with two attached hydrogens (primary N) is 1. The Hall–Kier alpha value is -1.92. The van der Waals surface area contributed by atoms with E-state index in [0.29, 0.717) is 16.5 Å². The fraction of sp³-hybridized carbons (Fsp3) is 0.0714. The molecular formula is C14H11BrClN5. The van der Waals surface area contributed by atoms with Gasteiger partial charge in [0.05, 0.1) is 5.69 Å². The van der Waals surface area contributed by atoms with Crippen LogP contribution in [0.5, 0.6) is 0 Å². The monoisotopic (exact) mass is 363 g/mol. The molecule has 0 aliphatic heterocycles. The molecule has 0 saturated heterocycles. The summed E-state index contributed by atoms with van der Waals surface area (Å²) in [5.41, 5.74) is 9.25. The number of rotatable bonds is 2. The van der Waals surface area contributed by atoms with Gasteiger partial charge in [-0.1, -0.05) is 17.7 Å². The maximum atomic E-state index is 6.07. The van der Waals surface area contributed by atoms with Crippen LogP contribution in [-0.2, 0) is 0 Å². The SMILES string of the molecule is Cc1ccc(Cl)cc1-n1nnnc1-c1ccc(Br)c(N)c1. The van der Waals surface area contributed by atoms with Gasteiger partial charge < -0.3 is 5.73 Å². The molecule has 1 aromatic heterocycles. The average Bonchev–Trinajstić information content (AvgIpc) is 2.93. The summed E-state index contributed by atoms with van der Waals surface area (Å²) < 4.78 is 2.49. The van der Waals surface area contributed by atoms with Crippen LogP contribution in [0, 0.1) is 6.92 Å². The molecule has 0 bridgehead atoms. The van der Waals surface area contributed by atoms with Gasteiger partial charge in [0.1, 0.15) is 0 Å². The number of hydrogen-bond donors (Lipinski definition) is 1. The second kappa shape index (κ2) is 5.46. The first kappa shape index (κ1) is 14.0. The quantitative estimate of drug-likeness (QED) is 0.705. The highest BCUT2D eigenvalue weighted by Crippen LogP contribution is 2.28. The third-order valence-electron chi connectivity index (χ3n) is 3.12. The zero-order chi connectivity index (χ0) is 15.0. The summed E-state index contributed by atoms with van der Waals surface area (Å²) in [5, 5.41) is 12.6. The maximum absolute atomic E-state index is 6.07. The van der Waals surface area contributed by atoms with Crippen molar-refractivity contribution >= 4 is 33.2 Å². The predicted molar refractivity (Wildman–Crippen MR) is 86.4 cm³/mol. The Bertz CT molecular complexity index is 815. The van der Waals surface area contributed by atoms with E-state index < -0.39 is 0 Å². The Labute approximate surface area is 134 Å². The standard InChI is InChI=1S/C14H11BrClN5/c1-8-2-4-10(16)7-13(8)21-14(18-19-20-21)9-3-5-11(15)12(17)6-9/h2-7H,17H2,1H3. The van der Waals surface area contributed by atoms with E-state index in [2.05, 4.69) is 31.5 Å². The van der Waals surface area contributed by atoms with Crippen LogP contribution in [0.2, 0.25) is 5.02 Å². The van der Waals surface area contributed by atoms with Crippen LogP contribution < -0.4 is 5.73 Å². The van der Waals surface area contributed by atoms with E-state index >= 15 is 0 Å². The number of aromatic nitrogens is 4. The van der Waals surface area contributed by atoms with Gasteiger partial charge in [-0.3, -0.25) is 0 Å². The minimum absolute atomic E-state index is 0.611. The molecular weight excluding hydrogens is 354 g/mol. The van der Waals surface area contributed by atoms with Gasteiger partial charge in [-0.15, -0.1) is 5.10 Å². The lowest BCUT2D eigenvalue weighted by atomic mass is 10.1. The molecule has 2 aromatic carbocycles. The minimum Gasteiger partial charge on any atom is -0.398 e. The van der Waals surface area contributed by atoms with Gasteiger partial charge in [-0.05, 0) is 69.2 Å². The third-order valence-corrected chi connectivity index (χ3v) is 4.08. The number of benzene rings is 2. The number of halogens is 2. The zero-order valence-corrected chi connectivity index (χ0v) is 13.4. The van der Waals surface area contributed by atoms with Crippen molar-refractivity contribution in [3.8, 4) is 17.1 Å². The van der Waals surface area contributed by atoms with E-state index in [9.17, 15) is 0 Å². The summed E-state index contributed by atoms with van der Waals surface area (Å²) in [4.78, 5) is 0. The lowest BCUT2D eigenvalue weighted by Gasteiger charge is -2.09. The summed E-state index contributed by atoms with van der Waals surface area (Å²) in [6.45, 7) is 1.98. The molecule has 2 N–H and O–H groups in total. The molecule has 0 saturated carbocycles. The van der Waals surface area contributed by atoms with E-state index in [1.807, 2.05) is 43.3 Å². The first-order chi connectivity index (χ1) is 10.1. The Morgan fingerprint density at radius 3 is 2.76 bits per heavy atom. The summed E-state index contributed by atoms with van der Waals surface area (Å²) in [7, 11) is 0. The van der Waals surface area contributed by atoms with Gasteiger partial charge in [0.15, 0.2) is 5.82 Å². The van der Waals surface area contributed by atoms with Crippen LogP contribution in [0.25, 0.3) is 17.1 Å². The number of anilines is 1. The average molecular weight is 365 g/mol. The third kappa shape index (κ3) is 2.64. The molecule has 21 heavy (non-hydrogen) atoms. The first-order valence-electron chi connectivity index (χ1n) is 6.16. The Morgan fingerprint density at radius 2 is 2.00 bits per heavy atom. The van der Waals surface area contributed by atoms with Crippen molar-refractivity contribution in [2.75, 3.05) is 5.73 Å². The van der Waals surface area contributed by atoms with Crippen LogP contribution in [0.15, 0.2) is 40.9 Å². The summed E-state index contributed by atoms with van der Waals surface area (Å²) in [5.74, 6) is 0.611. The predicted octanol–water partition coefficient (Wildman–Crippen LogP) is 3.64. The van der Waals surface area contributed by atoms with Gasteiger partial charge in [0, 0.05) is 20.7 Å². The number of tetrazole rings is 1. The van der Waals surface area contributed by atoms with Crippen molar-refractivity contribution in [2.24, 2.45) is 0 Å². The van der Waals surface area contributed by atoms with Crippen molar-refractivity contribution in [2.45, 2.75) is 6.92 Å². The summed E-state index contributed by atoms with van der Waals surface area (Å²) >= 11 is 9.45. The molecule has 0 fully saturated rings. The van der Waals surface area contributed by atoms with Crippen LogP contribution in [0.1, 0.15) is 5.56 Å². The molecule has 0 spiro atoms. The van der Waals surface area contributed by atoms with E-state index in [0.717, 1.165) is 21.3 Å². The second-order valence-corrected chi connectivity index (χ2v) is 5.87. The number of nitrogen functional groups attached to an aromatic ring is 1. The topological polar surface area (TPSA) is 69.6 Å². The molecule has 3 aromatic rings. The molecule has 1 heterocycles. The first-order valence-corrected chi connectivity index (χ1v) is 7.33. The molecule has 7 heteroatoms. The lowest BCUT2D eigenvalue weighted by Crippen LogP contribution is -2.02. The van der Waals surface area contributed by atoms with Gasteiger partial charge in [0.2, 0.25) is 0 Å². The van der Waals surface area contributed by atoms with Crippen LogP contribution in [-0.4, -0.2) is 20.2 Å². The molecule has 106 valence electrons. The van der Waals surface area contributed by atoms with Crippen LogP contribution >= 0.6 is 27.5 Å². The second-order valence-electron chi connectivity index (χ2n) is 4.58. The normalized spacial score (nSPS) is 10.8.